The van der Waals surface area contributed by atoms with E-state index in [0.29, 0.717) is 0 Å². The summed E-state index contributed by atoms with van der Waals surface area (Å²) in [7, 11) is 3.33. The Morgan fingerprint density at radius 3 is 2.65 bits per heavy atom. The van der Waals surface area contributed by atoms with E-state index in [4.69, 9.17) is 9.47 Å². The Balaban J connectivity index is 2.08. The molecular formula is C16H18N2O2. The van der Waals surface area contributed by atoms with Crippen LogP contribution in [0.2, 0.25) is 0 Å². The van der Waals surface area contributed by atoms with Gasteiger partial charge in [-0.25, -0.2) is 0 Å². The summed E-state index contributed by atoms with van der Waals surface area (Å²) in [5.41, 5.74) is 3.53. The monoisotopic (exact) mass is 270 g/mol. The van der Waals surface area contributed by atoms with E-state index in [0.717, 1.165) is 30.2 Å². The highest BCUT2D eigenvalue weighted by Crippen LogP contribution is 2.36. The molecule has 1 aromatic heterocycles. The van der Waals surface area contributed by atoms with Gasteiger partial charge in [0.2, 0.25) is 0 Å². The summed E-state index contributed by atoms with van der Waals surface area (Å²) >= 11 is 0. The van der Waals surface area contributed by atoms with Crippen LogP contribution in [0.5, 0.6) is 11.5 Å². The zero-order chi connectivity index (χ0) is 13.9. The van der Waals surface area contributed by atoms with Gasteiger partial charge in [0.1, 0.15) is 0 Å². The highest BCUT2D eigenvalue weighted by molar-refractivity contribution is 5.51. The highest BCUT2D eigenvalue weighted by Gasteiger charge is 2.24. The van der Waals surface area contributed by atoms with Gasteiger partial charge in [0.25, 0.3) is 0 Å². The molecular weight excluding hydrogens is 252 g/mol. The number of fused-ring (bicyclic) bond motifs is 1. The number of benzene rings is 1. The van der Waals surface area contributed by atoms with E-state index in [-0.39, 0.29) is 6.04 Å². The zero-order valence-corrected chi connectivity index (χ0v) is 11.7. The number of nitrogens with one attached hydrogen (secondary N) is 1. The summed E-state index contributed by atoms with van der Waals surface area (Å²) in [5, 5.41) is 3.52. The smallest absolute Gasteiger partial charge is 0.161 e. The third-order valence-corrected chi connectivity index (χ3v) is 3.68. The number of hydrogen-bond acceptors (Lipinski definition) is 4. The second kappa shape index (κ2) is 5.51. The van der Waals surface area contributed by atoms with Crippen LogP contribution in [0.4, 0.5) is 0 Å². The summed E-state index contributed by atoms with van der Waals surface area (Å²) < 4.78 is 10.8. The molecule has 20 heavy (non-hydrogen) atoms. The molecule has 2 heterocycles. The molecule has 1 aliphatic rings. The van der Waals surface area contributed by atoms with Gasteiger partial charge in [-0.2, -0.15) is 0 Å². The first-order chi connectivity index (χ1) is 9.83. The maximum Gasteiger partial charge on any atom is 0.161 e. The Hall–Kier alpha value is -2.07. The van der Waals surface area contributed by atoms with Crippen LogP contribution in [-0.2, 0) is 6.42 Å². The van der Waals surface area contributed by atoms with Crippen molar-refractivity contribution >= 4 is 0 Å². The molecule has 0 saturated carbocycles. The summed E-state index contributed by atoms with van der Waals surface area (Å²) in [6.45, 7) is 0.934. The molecule has 1 aliphatic heterocycles. The standard InChI is InChI=1S/C16H18N2O2/c1-19-14-9-11-6-8-18-16(12(11)10-15(14)20-2)13-5-3-4-7-17-13/h3-5,7,9-10,16,18H,6,8H2,1-2H3/t16-/m1/s1. The van der Waals surface area contributed by atoms with Crippen LogP contribution in [-0.4, -0.2) is 25.7 Å². The van der Waals surface area contributed by atoms with Crippen LogP contribution < -0.4 is 14.8 Å². The molecule has 0 radical (unpaired) electrons. The molecule has 1 N–H and O–H groups in total. The first kappa shape index (κ1) is 12.9. The van der Waals surface area contributed by atoms with Crippen LogP contribution in [0, 0.1) is 0 Å². The first-order valence-electron chi connectivity index (χ1n) is 6.72. The van der Waals surface area contributed by atoms with Crippen molar-refractivity contribution < 1.29 is 9.47 Å². The summed E-state index contributed by atoms with van der Waals surface area (Å²) in [6, 6.07) is 10.2. The minimum atomic E-state index is 0.111. The average Bonchev–Trinajstić information content (AvgIpc) is 2.53. The molecule has 0 spiro atoms. The number of ether oxygens (including phenoxy) is 2. The van der Waals surface area contributed by atoms with Gasteiger partial charge < -0.3 is 14.8 Å². The van der Waals surface area contributed by atoms with Crippen molar-refractivity contribution in [2.24, 2.45) is 0 Å². The lowest BCUT2D eigenvalue weighted by molar-refractivity contribution is 0.352. The molecule has 4 nitrogen and oxygen atoms in total. The van der Waals surface area contributed by atoms with E-state index in [9.17, 15) is 0 Å². The molecule has 0 amide bonds. The second-order valence-electron chi connectivity index (χ2n) is 4.80. The molecule has 1 aromatic carbocycles. The van der Waals surface area contributed by atoms with Gasteiger partial charge in [0.15, 0.2) is 11.5 Å². The van der Waals surface area contributed by atoms with Crippen LogP contribution >= 0.6 is 0 Å². The van der Waals surface area contributed by atoms with E-state index in [1.54, 1.807) is 14.2 Å². The fourth-order valence-corrected chi connectivity index (χ4v) is 2.69. The van der Waals surface area contributed by atoms with E-state index in [1.807, 2.05) is 24.4 Å². The minimum Gasteiger partial charge on any atom is -0.493 e. The Labute approximate surface area is 118 Å². The fourth-order valence-electron chi connectivity index (χ4n) is 2.69. The van der Waals surface area contributed by atoms with Gasteiger partial charge in [-0.1, -0.05) is 6.07 Å². The largest absolute Gasteiger partial charge is 0.493 e. The maximum absolute atomic E-state index is 5.41. The Morgan fingerprint density at radius 1 is 1.15 bits per heavy atom. The van der Waals surface area contributed by atoms with Crippen molar-refractivity contribution in [1.82, 2.24) is 10.3 Å². The van der Waals surface area contributed by atoms with Crippen molar-refractivity contribution in [3.05, 3.63) is 53.3 Å². The highest BCUT2D eigenvalue weighted by atomic mass is 16.5. The van der Waals surface area contributed by atoms with Crippen molar-refractivity contribution in [1.29, 1.82) is 0 Å². The Bertz CT molecular complexity index is 599. The Kier molecular flexibility index (Phi) is 3.56. The predicted molar refractivity (Wildman–Crippen MR) is 77.3 cm³/mol. The molecule has 104 valence electrons. The first-order valence-corrected chi connectivity index (χ1v) is 6.72. The average molecular weight is 270 g/mol. The SMILES string of the molecule is COc1cc2c(cc1OC)[C@H](c1ccccn1)NCC2. The van der Waals surface area contributed by atoms with Gasteiger partial charge in [-0.15, -0.1) is 0 Å². The minimum absolute atomic E-state index is 0.111. The molecule has 0 saturated heterocycles. The normalized spacial score (nSPS) is 17.4. The number of methoxy groups -OCH3 is 2. The number of aromatic nitrogens is 1. The predicted octanol–water partition coefficient (Wildman–Crippen LogP) is 2.33. The van der Waals surface area contributed by atoms with Crippen molar-refractivity contribution in [2.45, 2.75) is 12.5 Å². The van der Waals surface area contributed by atoms with Gasteiger partial charge in [-0.05, 0) is 41.8 Å². The molecule has 0 fully saturated rings. The van der Waals surface area contributed by atoms with Crippen LogP contribution in [0.15, 0.2) is 36.5 Å². The number of hydrogen-bond donors (Lipinski definition) is 1. The van der Waals surface area contributed by atoms with E-state index < -0.39 is 0 Å². The zero-order valence-electron chi connectivity index (χ0n) is 11.7. The van der Waals surface area contributed by atoms with Crippen molar-refractivity contribution in [2.75, 3.05) is 20.8 Å². The lowest BCUT2D eigenvalue weighted by Gasteiger charge is -2.27. The van der Waals surface area contributed by atoms with Crippen molar-refractivity contribution in [3.8, 4) is 11.5 Å². The van der Waals surface area contributed by atoms with Gasteiger partial charge in [0.05, 0.1) is 26.0 Å². The summed E-state index contributed by atoms with van der Waals surface area (Å²) in [5.74, 6) is 1.55. The van der Waals surface area contributed by atoms with Crippen LogP contribution in [0.3, 0.4) is 0 Å². The quantitative estimate of drug-likeness (QED) is 0.929. The maximum atomic E-state index is 5.41. The summed E-state index contributed by atoms with van der Waals surface area (Å²) in [6.07, 6.45) is 2.81. The lowest BCUT2D eigenvalue weighted by Crippen LogP contribution is -2.31. The molecule has 3 rings (SSSR count). The fraction of sp³-hybridized carbons (Fsp3) is 0.312. The molecule has 0 bridgehead atoms. The van der Waals surface area contributed by atoms with Crippen molar-refractivity contribution in [3.63, 3.8) is 0 Å². The molecule has 4 heteroatoms. The number of nitrogens with zero attached hydrogens (tertiary/aromatic N) is 1. The van der Waals surface area contributed by atoms with E-state index in [2.05, 4.69) is 22.4 Å². The third-order valence-electron chi connectivity index (χ3n) is 3.68. The van der Waals surface area contributed by atoms with E-state index in [1.165, 1.54) is 11.1 Å². The van der Waals surface area contributed by atoms with Gasteiger partial charge in [-0.3, -0.25) is 4.98 Å². The third kappa shape index (κ3) is 2.23. The van der Waals surface area contributed by atoms with Crippen LogP contribution in [0.1, 0.15) is 22.9 Å². The molecule has 2 aromatic rings. The summed E-state index contributed by atoms with van der Waals surface area (Å²) in [4.78, 5) is 4.46. The van der Waals surface area contributed by atoms with Crippen LogP contribution in [0.25, 0.3) is 0 Å². The van der Waals surface area contributed by atoms with E-state index >= 15 is 0 Å². The second-order valence-corrected chi connectivity index (χ2v) is 4.80. The lowest BCUT2D eigenvalue weighted by atomic mass is 9.91. The molecule has 0 aliphatic carbocycles. The molecule has 1 atom stereocenters. The van der Waals surface area contributed by atoms with Gasteiger partial charge >= 0.3 is 0 Å². The Morgan fingerprint density at radius 2 is 1.95 bits per heavy atom. The van der Waals surface area contributed by atoms with Gasteiger partial charge in [0, 0.05) is 12.7 Å². The number of rotatable bonds is 3. The topological polar surface area (TPSA) is 43.4 Å². The molecule has 0 unspecified atom stereocenters. The number of pyridine rings is 1.